The number of halogens is 3. The molecule has 0 radical (unpaired) electrons. The Morgan fingerprint density at radius 3 is 2.41 bits per heavy atom. The molecule has 32 heavy (non-hydrogen) atoms. The second kappa shape index (κ2) is 10.6. The van der Waals surface area contributed by atoms with Crippen LogP contribution >= 0.6 is 62.2 Å². The molecule has 0 aliphatic heterocycles. The number of hydrogen-bond acceptors (Lipinski definition) is 6. The zero-order valence-electron chi connectivity index (χ0n) is 16.2. The highest BCUT2D eigenvalue weighted by molar-refractivity contribution is 9.11. The van der Waals surface area contributed by atoms with Gasteiger partial charge in [-0.2, -0.15) is 5.10 Å². The minimum Gasteiger partial charge on any atom is -0.272 e. The predicted octanol–water partition coefficient (Wildman–Crippen LogP) is 6.31. The van der Waals surface area contributed by atoms with E-state index in [2.05, 4.69) is 36.7 Å². The average molecular weight is 567 g/mol. The number of carbonyl (C=O) groups excluding carboxylic acids is 1. The van der Waals surface area contributed by atoms with Gasteiger partial charge in [-0.3, -0.25) is 9.36 Å². The number of benzene rings is 2. The van der Waals surface area contributed by atoms with Gasteiger partial charge in [-0.05, 0) is 76.6 Å². The fraction of sp³-hybridized carbons (Fsp3) is 0.0476. The van der Waals surface area contributed by atoms with Crippen LogP contribution in [0.15, 0.2) is 74.7 Å². The second-order valence-electron chi connectivity index (χ2n) is 6.35. The molecule has 4 aromatic rings. The Balaban J connectivity index is 1.52. The van der Waals surface area contributed by atoms with E-state index in [0.717, 1.165) is 19.9 Å². The Labute approximate surface area is 210 Å². The average Bonchev–Trinajstić information content (AvgIpc) is 3.39. The van der Waals surface area contributed by atoms with Gasteiger partial charge in [0.15, 0.2) is 11.0 Å². The largest absolute Gasteiger partial charge is 0.272 e. The molecule has 11 heteroatoms. The maximum Gasteiger partial charge on any atom is 0.250 e. The van der Waals surface area contributed by atoms with Gasteiger partial charge in [-0.1, -0.05) is 35.0 Å². The predicted molar refractivity (Wildman–Crippen MR) is 135 cm³/mol. The summed E-state index contributed by atoms with van der Waals surface area (Å²) < 4.78 is 2.88. The van der Waals surface area contributed by atoms with Crippen molar-refractivity contribution in [3.63, 3.8) is 0 Å². The van der Waals surface area contributed by atoms with Crippen LogP contribution in [0.2, 0.25) is 10.0 Å². The first-order valence-corrected chi connectivity index (χ1v) is 12.5. The lowest BCUT2D eigenvalue weighted by atomic mass is 10.2. The van der Waals surface area contributed by atoms with Gasteiger partial charge < -0.3 is 0 Å². The second-order valence-corrected chi connectivity index (χ2v) is 10.7. The zero-order chi connectivity index (χ0) is 22.5. The Morgan fingerprint density at radius 2 is 1.75 bits per heavy atom. The van der Waals surface area contributed by atoms with Crippen molar-refractivity contribution in [2.24, 2.45) is 5.10 Å². The molecule has 0 unspecified atom stereocenters. The van der Waals surface area contributed by atoms with Crippen molar-refractivity contribution in [3.05, 3.63) is 79.4 Å². The zero-order valence-corrected chi connectivity index (χ0v) is 20.9. The van der Waals surface area contributed by atoms with E-state index < -0.39 is 0 Å². The topological polar surface area (TPSA) is 72.2 Å². The van der Waals surface area contributed by atoms with Crippen molar-refractivity contribution >= 4 is 74.4 Å². The first-order chi connectivity index (χ1) is 15.5. The molecule has 0 saturated carbocycles. The molecule has 0 fully saturated rings. The summed E-state index contributed by atoms with van der Waals surface area (Å²) in [5.41, 5.74) is 4.21. The fourth-order valence-corrected chi connectivity index (χ4v) is 4.99. The van der Waals surface area contributed by atoms with Crippen LogP contribution in [0.3, 0.4) is 0 Å². The number of nitrogens with one attached hydrogen (secondary N) is 1. The number of nitrogens with zero attached hydrogens (tertiary/aromatic N) is 4. The molecule has 1 amide bonds. The molecule has 0 bridgehead atoms. The molecule has 2 aromatic heterocycles. The van der Waals surface area contributed by atoms with Gasteiger partial charge in [0.2, 0.25) is 0 Å². The van der Waals surface area contributed by atoms with E-state index >= 15 is 0 Å². The molecule has 0 saturated heterocycles. The van der Waals surface area contributed by atoms with E-state index in [1.165, 1.54) is 23.1 Å². The van der Waals surface area contributed by atoms with Gasteiger partial charge in [0.05, 0.1) is 15.8 Å². The van der Waals surface area contributed by atoms with E-state index in [4.69, 9.17) is 23.2 Å². The van der Waals surface area contributed by atoms with Gasteiger partial charge in [-0.15, -0.1) is 21.5 Å². The van der Waals surface area contributed by atoms with Gasteiger partial charge in [-0.25, -0.2) is 5.43 Å². The van der Waals surface area contributed by atoms with Crippen LogP contribution < -0.4 is 5.43 Å². The third-order valence-corrected chi connectivity index (χ3v) is 7.12. The monoisotopic (exact) mass is 565 g/mol. The summed E-state index contributed by atoms with van der Waals surface area (Å²) in [4.78, 5) is 13.2. The summed E-state index contributed by atoms with van der Waals surface area (Å²) in [6.45, 7) is 0. The number of aromatic nitrogens is 3. The Morgan fingerprint density at radius 1 is 1.06 bits per heavy atom. The molecular weight excluding hydrogens is 553 g/mol. The SMILES string of the molecule is O=C(CSc1nnc(-c2ccc(Cl)cc2)n1-c1ccc(Cl)cc1)N/N=C/c1ccc(Br)s1. The molecule has 0 spiro atoms. The van der Waals surface area contributed by atoms with Crippen molar-refractivity contribution in [2.45, 2.75) is 5.16 Å². The van der Waals surface area contributed by atoms with Gasteiger partial charge >= 0.3 is 0 Å². The summed E-state index contributed by atoms with van der Waals surface area (Å²) in [5.74, 6) is 0.506. The number of rotatable bonds is 7. The maximum atomic E-state index is 12.3. The van der Waals surface area contributed by atoms with E-state index in [-0.39, 0.29) is 11.7 Å². The lowest BCUT2D eigenvalue weighted by molar-refractivity contribution is -0.118. The van der Waals surface area contributed by atoms with Crippen molar-refractivity contribution in [1.82, 2.24) is 20.2 Å². The van der Waals surface area contributed by atoms with Crippen LogP contribution in [0.4, 0.5) is 0 Å². The molecule has 4 rings (SSSR count). The first-order valence-electron chi connectivity index (χ1n) is 9.17. The van der Waals surface area contributed by atoms with Crippen molar-refractivity contribution in [1.29, 1.82) is 0 Å². The highest BCUT2D eigenvalue weighted by Crippen LogP contribution is 2.29. The number of carbonyl (C=O) groups is 1. The van der Waals surface area contributed by atoms with E-state index in [0.29, 0.717) is 21.0 Å². The number of hydrazone groups is 1. The van der Waals surface area contributed by atoms with Crippen LogP contribution in [0, 0.1) is 0 Å². The van der Waals surface area contributed by atoms with Gasteiger partial charge in [0.25, 0.3) is 5.91 Å². The van der Waals surface area contributed by atoms with Crippen LogP contribution in [0.1, 0.15) is 4.88 Å². The number of thiophene rings is 1. The smallest absolute Gasteiger partial charge is 0.250 e. The molecular formula is C21H14BrCl2N5OS2. The molecule has 0 aliphatic carbocycles. The summed E-state index contributed by atoms with van der Waals surface area (Å²) in [6, 6.07) is 18.5. The minimum atomic E-state index is -0.249. The van der Waals surface area contributed by atoms with Gasteiger partial charge in [0.1, 0.15) is 0 Å². The van der Waals surface area contributed by atoms with E-state index in [9.17, 15) is 4.79 Å². The summed E-state index contributed by atoms with van der Waals surface area (Å²) >= 11 is 18.3. The maximum absolute atomic E-state index is 12.3. The van der Waals surface area contributed by atoms with Crippen molar-refractivity contribution < 1.29 is 4.79 Å². The number of thioether (sulfide) groups is 1. The standard InChI is InChI=1S/C21H14BrCl2N5OS2/c22-18-10-9-17(32-18)11-25-26-19(30)12-31-21-28-27-20(13-1-3-14(23)4-2-13)29(21)16-7-5-15(24)6-8-16/h1-11H,12H2,(H,26,30)/b25-11+. The Bertz CT molecular complexity index is 1260. The van der Waals surface area contributed by atoms with Gasteiger partial charge in [0, 0.05) is 26.2 Å². The lowest BCUT2D eigenvalue weighted by Crippen LogP contribution is -2.19. The molecule has 6 nitrogen and oxygen atoms in total. The molecule has 2 aromatic carbocycles. The van der Waals surface area contributed by atoms with E-state index in [1.807, 2.05) is 41.0 Å². The summed E-state index contributed by atoms with van der Waals surface area (Å²) in [7, 11) is 0. The highest BCUT2D eigenvalue weighted by atomic mass is 79.9. The fourth-order valence-electron chi connectivity index (χ4n) is 2.70. The quantitative estimate of drug-likeness (QED) is 0.162. The van der Waals surface area contributed by atoms with Crippen molar-refractivity contribution in [3.8, 4) is 17.1 Å². The van der Waals surface area contributed by atoms with Crippen LogP contribution in [-0.4, -0.2) is 32.6 Å². The third-order valence-electron chi connectivity index (χ3n) is 4.13. The molecule has 2 heterocycles. The summed E-state index contributed by atoms with van der Waals surface area (Å²) in [5, 5.41) is 14.5. The first kappa shape index (κ1) is 23.0. The normalized spacial score (nSPS) is 11.2. The van der Waals surface area contributed by atoms with Crippen LogP contribution in [-0.2, 0) is 4.79 Å². The molecule has 0 aliphatic rings. The molecule has 162 valence electrons. The Kier molecular flexibility index (Phi) is 7.64. The van der Waals surface area contributed by atoms with E-state index in [1.54, 1.807) is 30.5 Å². The number of amides is 1. The minimum absolute atomic E-state index is 0.123. The number of hydrogen-bond donors (Lipinski definition) is 1. The summed E-state index contributed by atoms with van der Waals surface area (Å²) in [6.07, 6.45) is 1.60. The Hall–Kier alpha value is -2.17. The van der Waals surface area contributed by atoms with Crippen LogP contribution in [0.25, 0.3) is 17.1 Å². The molecule has 1 N–H and O–H groups in total. The molecule has 0 atom stereocenters. The lowest BCUT2D eigenvalue weighted by Gasteiger charge is -2.10. The van der Waals surface area contributed by atoms with Crippen molar-refractivity contribution in [2.75, 3.05) is 5.75 Å². The highest BCUT2D eigenvalue weighted by Gasteiger charge is 2.17. The third kappa shape index (κ3) is 5.79. The van der Waals surface area contributed by atoms with Crippen LogP contribution in [0.5, 0.6) is 0 Å².